The molecule has 0 aliphatic carbocycles. The number of nitrogens with zero attached hydrogens (tertiary/aromatic N) is 3. The Balaban J connectivity index is 1.22. The monoisotopic (exact) mass is 587 g/mol. The second kappa shape index (κ2) is 12.9. The SMILES string of the molecule is COCCn1c(Cc2ccc(-c3cccc(OCc4ccccc4-c4ccccc4)n3)cc2F)nc2ccc(C(=O)O)cc21. The fraction of sp³-hybridized carbons (Fsp3) is 0.139. The minimum atomic E-state index is -1.02. The maximum atomic E-state index is 15.5. The standard InChI is InChI=1S/C36H30FN3O4/c1-43-19-18-40-33-21-27(36(41)42)16-17-32(33)38-34(40)22-25-14-15-26(20-30(25)37)31-12-7-13-35(39-31)44-23-28-10-5-6-11-29(28)24-8-3-2-4-9-24/h2-17,20-21H,18-19,22-23H2,1H3,(H,41,42). The third-order valence-corrected chi connectivity index (χ3v) is 7.49. The van der Waals surface area contributed by atoms with E-state index in [1.54, 1.807) is 31.4 Å². The first-order chi connectivity index (χ1) is 21.5. The molecule has 4 aromatic carbocycles. The van der Waals surface area contributed by atoms with Gasteiger partial charge in [0.1, 0.15) is 18.2 Å². The summed E-state index contributed by atoms with van der Waals surface area (Å²) in [5.41, 5.74) is 6.41. The Labute approximate surface area is 254 Å². The molecule has 0 amide bonds. The van der Waals surface area contributed by atoms with Crippen molar-refractivity contribution in [2.24, 2.45) is 0 Å². The predicted octanol–water partition coefficient (Wildman–Crippen LogP) is 7.42. The highest BCUT2D eigenvalue weighted by atomic mass is 19.1. The zero-order valence-corrected chi connectivity index (χ0v) is 24.1. The minimum absolute atomic E-state index is 0.164. The third-order valence-electron chi connectivity index (χ3n) is 7.49. The number of carboxylic acid groups (broad SMARTS) is 1. The number of carboxylic acids is 1. The number of ether oxygens (including phenoxy) is 2. The number of halogens is 1. The largest absolute Gasteiger partial charge is 0.478 e. The molecule has 0 unspecified atom stereocenters. The van der Waals surface area contributed by atoms with Crippen molar-refractivity contribution in [1.29, 1.82) is 0 Å². The van der Waals surface area contributed by atoms with Gasteiger partial charge in [0, 0.05) is 31.7 Å². The fourth-order valence-corrected chi connectivity index (χ4v) is 5.25. The first-order valence-electron chi connectivity index (χ1n) is 14.2. The molecule has 0 radical (unpaired) electrons. The van der Waals surface area contributed by atoms with Crippen LogP contribution in [-0.4, -0.2) is 39.3 Å². The molecule has 44 heavy (non-hydrogen) atoms. The van der Waals surface area contributed by atoms with Crippen molar-refractivity contribution in [3.8, 4) is 28.3 Å². The van der Waals surface area contributed by atoms with Crippen molar-refractivity contribution in [1.82, 2.24) is 14.5 Å². The summed E-state index contributed by atoms with van der Waals surface area (Å²) in [7, 11) is 1.59. The van der Waals surface area contributed by atoms with Crippen LogP contribution in [0.2, 0.25) is 0 Å². The van der Waals surface area contributed by atoms with Gasteiger partial charge in [0.25, 0.3) is 0 Å². The van der Waals surface area contributed by atoms with Crippen LogP contribution >= 0.6 is 0 Å². The molecule has 8 heteroatoms. The van der Waals surface area contributed by atoms with E-state index in [9.17, 15) is 9.90 Å². The maximum Gasteiger partial charge on any atom is 0.335 e. The average Bonchev–Trinajstić information content (AvgIpc) is 3.40. The van der Waals surface area contributed by atoms with E-state index < -0.39 is 5.97 Å². The van der Waals surface area contributed by atoms with Gasteiger partial charge in [-0.3, -0.25) is 0 Å². The van der Waals surface area contributed by atoms with Crippen molar-refractivity contribution in [2.75, 3.05) is 13.7 Å². The van der Waals surface area contributed by atoms with Gasteiger partial charge in [-0.2, -0.15) is 0 Å². The van der Waals surface area contributed by atoms with Crippen LogP contribution in [0.25, 0.3) is 33.4 Å². The van der Waals surface area contributed by atoms with Gasteiger partial charge < -0.3 is 19.1 Å². The molecular formula is C36H30FN3O4. The number of hydrogen-bond acceptors (Lipinski definition) is 5. The van der Waals surface area contributed by atoms with Gasteiger partial charge in [-0.1, -0.05) is 72.8 Å². The van der Waals surface area contributed by atoms with E-state index in [0.29, 0.717) is 59.3 Å². The second-order valence-electron chi connectivity index (χ2n) is 10.3. The predicted molar refractivity (Wildman–Crippen MR) is 167 cm³/mol. The number of methoxy groups -OCH3 is 1. The molecule has 0 fully saturated rings. The van der Waals surface area contributed by atoms with Crippen LogP contribution in [0.15, 0.2) is 109 Å². The highest BCUT2D eigenvalue weighted by Crippen LogP contribution is 2.27. The highest BCUT2D eigenvalue weighted by Gasteiger charge is 2.16. The summed E-state index contributed by atoms with van der Waals surface area (Å²) in [5.74, 6) is -0.336. The van der Waals surface area contributed by atoms with Gasteiger partial charge in [-0.15, -0.1) is 0 Å². The first kappa shape index (κ1) is 28.8. The summed E-state index contributed by atoms with van der Waals surface area (Å²) < 4.78 is 28.7. The molecule has 220 valence electrons. The van der Waals surface area contributed by atoms with Gasteiger partial charge in [0.2, 0.25) is 5.88 Å². The van der Waals surface area contributed by atoms with Crippen molar-refractivity contribution in [3.63, 3.8) is 0 Å². The Morgan fingerprint density at radius 3 is 2.45 bits per heavy atom. The lowest BCUT2D eigenvalue weighted by Gasteiger charge is -2.12. The molecule has 2 heterocycles. The van der Waals surface area contributed by atoms with E-state index in [1.165, 1.54) is 12.1 Å². The topological polar surface area (TPSA) is 86.5 Å². The molecule has 0 saturated carbocycles. The second-order valence-corrected chi connectivity index (χ2v) is 10.3. The van der Waals surface area contributed by atoms with E-state index in [-0.39, 0.29) is 17.8 Å². The number of aromatic nitrogens is 3. The van der Waals surface area contributed by atoms with Crippen molar-refractivity contribution >= 4 is 17.0 Å². The van der Waals surface area contributed by atoms with Gasteiger partial charge in [-0.05, 0) is 52.6 Å². The van der Waals surface area contributed by atoms with Gasteiger partial charge in [-0.25, -0.2) is 19.2 Å². The van der Waals surface area contributed by atoms with Gasteiger partial charge in [0.05, 0.1) is 28.9 Å². The molecule has 1 N–H and O–H groups in total. The number of hydrogen-bond donors (Lipinski definition) is 1. The molecular weight excluding hydrogens is 557 g/mol. The maximum absolute atomic E-state index is 15.5. The summed E-state index contributed by atoms with van der Waals surface area (Å²) in [6.45, 7) is 1.20. The highest BCUT2D eigenvalue weighted by molar-refractivity contribution is 5.92. The van der Waals surface area contributed by atoms with E-state index in [4.69, 9.17) is 9.47 Å². The van der Waals surface area contributed by atoms with Gasteiger partial charge in [0.15, 0.2) is 0 Å². The summed E-state index contributed by atoms with van der Waals surface area (Å²) >= 11 is 0. The number of benzene rings is 4. The minimum Gasteiger partial charge on any atom is -0.478 e. The molecule has 0 aliphatic heterocycles. The Bertz CT molecular complexity index is 1940. The van der Waals surface area contributed by atoms with E-state index in [0.717, 1.165) is 16.7 Å². The number of rotatable bonds is 11. The van der Waals surface area contributed by atoms with Crippen LogP contribution in [0.1, 0.15) is 27.3 Å². The Morgan fingerprint density at radius 2 is 1.66 bits per heavy atom. The molecule has 0 atom stereocenters. The molecule has 0 bridgehead atoms. The number of imidazole rings is 1. The normalized spacial score (nSPS) is 11.1. The van der Waals surface area contributed by atoms with Crippen LogP contribution in [0.3, 0.4) is 0 Å². The van der Waals surface area contributed by atoms with Crippen LogP contribution in [0, 0.1) is 5.82 Å². The molecule has 6 aromatic rings. The lowest BCUT2D eigenvalue weighted by molar-refractivity contribution is 0.0697. The summed E-state index contributed by atoms with van der Waals surface area (Å²) in [4.78, 5) is 20.9. The van der Waals surface area contributed by atoms with E-state index in [2.05, 4.69) is 28.2 Å². The first-order valence-corrected chi connectivity index (χ1v) is 14.2. The van der Waals surface area contributed by atoms with E-state index in [1.807, 2.05) is 59.2 Å². The molecule has 0 aliphatic rings. The lowest BCUT2D eigenvalue weighted by Crippen LogP contribution is -2.10. The molecule has 2 aromatic heterocycles. The summed E-state index contributed by atoms with van der Waals surface area (Å²) in [6, 6.07) is 33.5. The summed E-state index contributed by atoms with van der Waals surface area (Å²) in [5, 5.41) is 9.45. The summed E-state index contributed by atoms with van der Waals surface area (Å²) in [6.07, 6.45) is 0.227. The number of carbonyl (C=O) groups is 1. The lowest BCUT2D eigenvalue weighted by atomic mass is 10.0. The smallest absolute Gasteiger partial charge is 0.335 e. The quantitative estimate of drug-likeness (QED) is 0.170. The molecule has 0 spiro atoms. The Hall–Kier alpha value is -5.34. The van der Waals surface area contributed by atoms with Crippen LogP contribution in [-0.2, 0) is 24.3 Å². The Morgan fingerprint density at radius 1 is 0.841 bits per heavy atom. The van der Waals surface area contributed by atoms with E-state index >= 15 is 4.39 Å². The van der Waals surface area contributed by atoms with Crippen molar-refractivity contribution in [3.05, 3.63) is 138 Å². The van der Waals surface area contributed by atoms with Crippen LogP contribution in [0.4, 0.5) is 4.39 Å². The van der Waals surface area contributed by atoms with Crippen LogP contribution < -0.4 is 4.74 Å². The molecule has 6 rings (SSSR count). The molecule has 7 nitrogen and oxygen atoms in total. The number of fused-ring (bicyclic) bond motifs is 1. The zero-order chi connectivity index (χ0) is 30.5. The van der Waals surface area contributed by atoms with Crippen molar-refractivity contribution < 1.29 is 23.8 Å². The zero-order valence-electron chi connectivity index (χ0n) is 24.1. The van der Waals surface area contributed by atoms with Gasteiger partial charge >= 0.3 is 5.97 Å². The number of aromatic carboxylic acids is 1. The van der Waals surface area contributed by atoms with Crippen LogP contribution in [0.5, 0.6) is 5.88 Å². The molecule has 0 saturated heterocycles. The van der Waals surface area contributed by atoms with Crippen molar-refractivity contribution in [2.45, 2.75) is 19.6 Å². The fourth-order valence-electron chi connectivity index (χ4n) is 5.25. The number of pyridine rings is 1. The average molecular weight is 588 g/mol. The third kappa shape index (κ3) is 6.21. The Kier molecular flexibility index (Phi) is 8.43.